The molecule has 7 nitrogen and oxygen atoms in total. The highest BCUT2D eigenvalue weighted by molar-refractivity contribution is 6.04. The SMILES string of the molecule is COc1ccc(C(=O)NCCNC(=O)c2ccc(NC(=O)c3ccc(C)cc3)cc2)cc1. The summed E-state index contributed by atoms with van der Waals surface area (Å²) in [6, 6.07) is 20.7. The molecule has 0 spiro atoms. The minimum absolute atomic E-state index is 0.213. The van der Waals surface area contributed by atoms with Gasteiger partial charge in [0.25, 0.3) is 17.7 Å². The van der Waals surface area contributed by atoms with E-state index in [2.05, 4.69) is 16.0 Å². The highest BCUT2D eigenvalue weighted by Gasteiger charge is 2.09. The second kappa shape index (κ2) is 10.8. The average Bonchev–Trinajstić information content (AvgIpc) is 2.82. The molecule has 0 saturated heterocycles. The molecule has 3 aromatic rings. The molecule has 3 amide bonds. The van der Waals surface area contributed by atoms with Crippen molar-refractivity contribution in [3.8, 4) is 5.75 Å². The maximum atomic E-state index is 12.3. The van der Waals surface area contributed by atoms with Crippen molar-refractivity contribution in [1.82, 2.24) is 10.6 Å². The highest BCUT2D eigenvalue weighted by Crippen LogP contribution is 2.13. The second-order valence-electron chi connectivity index (χ2n) is 7.14. The zero-order valence-electron chi connectivity index (χ0n) is 18.0. The molecule has 3 aromatic carbocycles. The Bertz CT molecular complexity index is 1080. The number of ether oxygens (including phenoxy) is 1. The topological polar surface area (TPSA) is 96.5 Å². The molecule has 32 heavy (non-hydrogen) atoms. The number of carbonyl (C=O) groups excluding carboxylic acids is 3. The molecule has 0 heterocycles. The summed E-state index contributed by atoms with van der Waals surface area (Å²) >= 11 is 0. The fraction of sp³-hybridized carbons (Fsp3) is 0.160. The minimum atomic E-state index is -0.264. The number of methoxy groups -OCH3 is 1. The number of hydrogen-bond donors (Lipinski definition) is 3. The first-order valence-electron chi connectivity index (χ1n) is 10.1. The van der Waals surface area contributed by atoms with Gasteiger partial charge in [-0.05, 0) is 67.6 Å². The molecular weight excluding hydrogens is 406 g/mol. The van der Waals surface area contributed by atoms with Gasteiger partial charge in [-0.3, -0.25) is 14.4 Å². The van der Waals surface area contributed by atoms with Crippen LogP contribution >= 0.6 is 0 Å². The summed E-state index contributed by atoms with van der Waals surface area (Å²) in [4.78, 5) is 36.7. The van der Waals surface area contributed by atoms with E-state index in [9.17, 15) is 14.4 Å². The van der Waals surface area contributed by atoms with Gasteiger partial charge >= 0.3 is 0 Å². The van der Waals surface area contributed by atoms with Crippen molar-refractivity contribution in [2.75, 3.05) is 25.5 Å². The van der Waals surface area contributed by atoms with E-state index in [1.165, 1.54) is 0 Å². The van der Waals surface area contributed by atoms with E-state index in [0.717, 1.165) is 5.56 Å². The van der Waals surface area contributed by atoms with Crippen molar-refractivity contribution < 1.29 is 19.1 Å². The van der Waals surface area contributed by atoms with Crippen LogP contribution in [-0.4, -0.2) is 37.9 Å². The molecule has 3 rings (SSSR count). The maximum Gasteiger partial charge on any atom is 0.255 e. The number of hydrogen-bond acceptors (Lipinski definition) is 4. The standard InChI is InChI=1S/C25H25N3O4/c1-17-3-5-20(6-4-17)25(31)28-21-11-7-18(8-12-21)23(29)26-15-16-27-24(30)19-9-13-22(32-2)14-10-19/h3-14H,15-16H2,1-2H3,(H,26,29)(H,27,30)(H,28,31). The van der Waals surface area contributed by atoms with Crippen LogP contribution in [-0.2, 0) is 0 Å². The first kappa shape index (κ1) is 22.6. The van der Waals surface area contributed by atoms with Crippen molar-refractivity contribution in [3.05, 3.63) is 95.1 Å². The van der Waals surface area contributed by atoms with Crippen molar-refractivity contribution in [2.24, 2.45) is 0 Å². The molecule has 0 unspecified atom stereocenters. The number of anilines is 1. The summed E-state index contributed by atoms with van der Waals surface area (Å²) in [7, 11) is 1.56. The van der Waals surface area contributed by atoms with Gasteiger partial charge in [-0.25, -0.2) is 0 Å². The van der Waals surface area contributed by atoms with Crippen molar-refractivity contribution in [1.29, 1.82) is 0 Å². The Hall–Kier alpha value is -4.13. The third-order valence-electron chi connectivity index (χ3n) is 4.77. The molecule has 0 saturated carbocycles. The highest BCUT2D eigenvalue weighted by atomic mass is 16.5. The Morgan fingerprint density at radius 3 is 1.59 bits per heavy atom. The summed E-state index contributed by atoms with van der Waals surface area (Å²) in [5, 5.41) is 8.31. The van der Waals surface area contributed by atoms with E-state index in [1.54, 1.807) is 67.8 Å². The van der Waals surface area contributed by atoms with E-state index in [4.69, 9.17) is 4.74 Å². The maximum absolute atomic E-state index is 12.3. The molecule has 0 aliphatic carbocycles. The van der Waals surface area contributed by atoms with E-state index >= 15 is 0 Å². The van der Waals surface area contributed by atoms with Gasteiger partial charge < -0.3 is 20.7 Å². The van der Waals surface area contributed by atoms with Crippen LogP contribution in [0, 0.1) is 6.92 Å². The third-order valence-corrected chi connectivity index (χ3v) is 4.77. The van der Waals surface area contributed by atoms with E-state index < -0.39 is 0 Å². The van der Waals surface area contributed by atoms with E-state index in [0.29, 0.717) is 34.7 Å². The van der Waals surface area contributed by atoms with Crippen molar-refractivity contribution in [3.63, 3.8) is 0 Å². The summed E-state index contributed by atoms with van der Waals surface area (Å²) < 4.78 is 5.07. The fourth-order valence-corrected chi connectivity index (χ4v) is 2.91. The first-order valence-corrected chi connectivity index (χ1v) is 10.1. The van der Waals surface area contributed by atoms with Crippen LogP contribution < -0.4 is 20.7 Å². The van der Waals surface area contributed by atoms with E-state index in [1.807, 2.05) is 19.1 Å². The van der Waals surface area contributed by atoms with Gasteiger partial charge in [0.15, 0.2) is 0 Å². The predicted molar refractivity (Wildman–Crippen MR) is 123 cm³/mol. The monoisotopic (exact) mass is 431 g/mol. The predicted octanol–water partition coefficient (Wildman–Crippen LogP) is 3.42. The van der Waals surface area contributed by atoms with Gasteiger partial charge in [0.2, 0.25) is 0 Å². The molecule has 164 valence electrons. The molecule has 7 heteroatoms. The molecule has 0 aromatic heterocycles. The van der Waals surface area contributed by atoms with Crippen LogP contribution in [0.2, 0.25) is 0 Å². The Morgan fingerprint density at radius 1 is 0.656 bits per heavy atom. The first-order chi connectivity index (χ1) is 15.5. The molecule has 0 aliphatic rings. The molecule has 3 N–H and O–H groups in total. The fourth-order valence-electron chi connectivity index (χ4n) is 2.91. The van der Waals surface area contributed by atoms with Crippen LogP contribution in [0.5, 0.6) is 5.75 Å². The second-order valence-corrected chi connectivity index (χ2v) is 7.14. The van der Waals surface area contributed by atoms with Crippen LogP contribution in [0.1, 0.15) is 36.6 Å². The van der Waals surface area contributed by atoms with Gasteiger partial charge in [-0.1, -0.05) is 17.7 Å². The summed E-state index contributed by atoms with van der Waals surface area (Å²) in [6.07, 6.45) is 0. The number of amides is 3. The number of aryl methyl sites for hydroxylation is 1. The van der Waals surface area contributed by atoms with Crippen molar-refractivity contribution in [2.45, 2.75) is 6.92 Å². The van der Waals surface area contributed by atoms with Crippen LogP contribution in [0.3, 0.4) is 0 Å². The minimum Gasteiger partial charge on any atom is -0.497 e. The van der Waals surface area contributed by atoms with Crippen LogP contribution in [0.4, 0.5) is 5.69 Å². The van der Waals surface area contributed by atoms with Crippen LogP contribution in [0.15, 0.2) is 72.8 Å². The normalized spacial score (nSPS) is 10.2. The smallest absolute Gasteiger partial charge is 0.255 e. The number of rotatable bonds is 8. The number of benzene rings is 3. The lowest BCUT2D eigenvalue weighted by molar-refractivity contribution is 0.0927. The Labute approximate surface area is 186 Å². The zero-order valence-corrected chi connectivity index (χ0v) is 18.0. The summed E-state index contributed by atoms with van der Waals surface area (Å²) in [5.74, 6) is -0.0277. The quantitative estimate of drug-likeness (QED) is 0.476. The lowest BCUT2D eigenvalue weighted by atomic mass is 10.1. The largest absolute Gasteiger partial charge is 0.497 e. The number of nitrogens with one attached hydrogen (secondary N) is 3. The van der Waals surface area contributed by atoms with E-state index in [-0.39, 0.29) is 24.3 Å². The molecule has 0 bridgehead atoms. The van der Waals surface area contributed by atoms with Gasteiger partial charge in [-0.2, -0.15) is 0 Å². The average molecular weight is 431 g/mol. The molecule has 0 fully saturated rings. The lowest BCUT2D eigenvalue weighted by Crippen LogP contribution is -2.34. The zero-order chi connectivity index (χ0) is 22.9. The molecular formula is C25H25N3O4. The summed E-state index contributed by atoms with van der Waals surface area (Å²) in [6.45, 7) is 2.54. The van der Waals surface area contributed by atoms with Crippen molar-refractivity contribution >= 4 is 23.4 Å². The molecule has 0 aliphatic heterocycles. The van der Waals surface area contributed by atoms with Gasteiger partial charge in [0, 0.05) is 35.5 Å². The summed E-state index contributed by atoms with van der Waals surface area (Å²) in [5.41, 5.74) is 3.21. The Morgan fingerprint density at radius 2 is 1.09 bits per heavy atom. The van der Waals surface area contributed by atoms with Gasteiger partial charge in [0.1, 0.15) is 5.75 Å². The third kappa shape index (κ3) is 6.18. The Balaban J connectivity index is 1.43. The molecule has 0 radical (unpaired) electrons. The number of carbonyl (C=O) groups is 3. The van der Waals surface area contributed by atoms with Gasteiger partial charge in [-0.15, -0.1) is 0 Å². The Kier molecular flexibility index (Phi) is 7.59. The molecule has 0 atom stereocenters. The van der Waals surface area contributed by atoms with Gasteiger partial charge in [0.05, 0.1) is 7.11 Å². The lowest BCUT2D eigenvalue weighted by Gasteiger charge is -2.09. The van der Waals surface area contributed by atoms with Crippen LogP contribution in [0.25, 0.3) is 0 Å².